The molecule has 2 aliphatic rings. The second-order valence-corrected chi connectivity index (χ2v) is 7.97. The molecule has 6 heteroatoms. The number of benzene rings is 1. The van der Waals surface area contributed by atoms with E-state index in [1.165, 1.54) is 17.0 Å². The van der Waals surface area contributed by atoms with Gasteiger partial charge in [-0.3, -0.25) is 19.3 Å². The Labute approximate surface area is 158 Å². The molecule has 0 bridgehead atoms. The molecule has 2 amide bonds. The smallest absolute Gasteiger partial charge is 0.338 e. The lowest BCUT2D eigenvalue weighted by Gasteiger charge is -2.17. The molecule has 3 rings (SSSR count). The summed E-state index contributed by atoms with van der Waals surface area (Å²) in [7, 11) is 0. The van der Waals surface area contributed by atoms with E-state index in [-0.39, 0.29) is 41.6 Å². The Morgan fingerprint density at radius 1 is 1.07 bits per heavy atom. The van der Waals surface area contributed by atoms with E-state index in [2.05, 4.69) is 0 Å². The van der Waals surface area contributed by atoms with Crippen LogP contribution in [0.15, 0.2) is 36.4 Å². The minimum Gasteiger partial charge on any atom is -0.454 e. The number of ketones is 1. The van der Waals surface area contributed by atoms with Gasteiger partial charge in [0.1, 0.15) is 0 Å². The summed E-state index contributed by atoms with van der Waals surface area (Å²) in [6, 6.07) is 6.22. The first-order valence-electron chi connectivity index (χ1n) is 9.03. The van der Waals surface area contributed by atoms with E-state index in [4.69, 9.17) is 4.74 Å². The van der Waals surface area contributed by atoms with Crippen LogP contribution in [-0.4, -0.2) is 30.2 Å². The van der Waals surface area contributed by atoms with Crippen LogP contribution >= 0.6 is 0 Å². The molecule has 0 N–H and O–H groups in total. The van der Waals surface area contributed by atoms with E-state index in [9.17, 15) is 19.2 Å². The van der Waals surface area contributed by atoms with E-state index in [1.54, 1.807) is 32.9 Å². The summed E-state index contributed by atoms with van der Waals surface area (Å²) in [6.45, 7) is 4.94. The van der Waals surface area contributed by atoms with Crippen molar-refractivity contribution in [3.8, 4) is 0 Å². The van der Waals surface area contributed by atoms with Crippen LogP contribution in [0.4, 0.5) is 5.69 Å². The first kappa shape index (κ1) is 19.0. The van der Waals surface area contributed by atoms with Crippen molar-refractivity contribution in [1.29, 1.82) is 0 Å². The van der Waals surface area contributed by atoms with E-state index in [0.717, 1.165) is 0 Å². The van der Waals surface area contributed by atoms with Crippen molar-refractivity contribution in [2.24, 2.45) is 17.3 Å². The molecule has 0 unspecified atom stereocenters. The normalized spacial score (nSPS) is 22.0. The molecule has 0 radical (unpaired) electrons. The van der Waals surface area contributed by atoms with Gasteiger partial charge in [-0.15, -0.1) is 0 Å². The second kappa shape index (κ2) is 7.10. The minimum absolute atomic E-state index is 0.187. The van der Waals surface area contributed by atoms with Crippen molar-refractivity contribution in [3.05, 3.63) is 42.0 Å². The summed E-state index contributed by atoms with van der Waals surface area (Å²) in [6.07, 6.45) is 4.97. The molecule has 0 saturated carbocycles. The summed E-state index contributed by atoms with van der Waals surface area (Å²) in [4.78, 5) is 50.7. The van der Waals surface area contributed by atoms with E-state index in [0.29, 0.717) is 18.5 Å². The number of anilines is 1. The van der Waals surface area contributed by atoms with Crippen molar-refractivity contribution >= 4 is 29.3 Å². The monoisotopic (exact) mass is 369 g/mol. The number of hydrogen-bond donors (Lipinski definition) is 0. The summed E-state index contributed by atoms with van der Waals surface area (Å²) < 4.78 is 5.10. The lowest BCUT2D eigenvalue weighted by atomic mass is 9.85. The highest BCUT2D eigenvalue weighted by Gasteiger charge is 2.47. The van der Waals surface area contributed by atoms with Gasteiger partial charge >= 0.3 is 5.97 Å². The molecule has 1 aliphatic carbocycles. The average molecular weight is 369 g/mol. The number of esters is 1. The van der Waals surface area contributed by atoms with E-state index in [1.807, 2.05) is 12.2 Å². The Bertz CT molecular complexity index is 807. The standard InChI is InChI=1S/C21H23NO5/c1-21(2,3)17(23)12-27-20(26)13-7-6-8-14(11-13)22-18(24)15-9-4-5-10-16(15)19(22)25/h4-8,11,15-16H,9-10,12H2,1-3H3/t15-,16+. The number of amides is 2. The molecule has 1 aromatic carbocycles. The molecule has 0 spiro atoms. The van der Waals surface area contributed by atoms with Crippen LogP contribution in [0.3, 0.4) is 0 Å². The van der Waals surface area contributed by atoms with Crippen LogP contribution in [-0.2, 0) is 19.1 Å². The highest BCUT2D eigenvalue weighted by Crippen LogP contribution is 2.37. The van der Waals surface area contributed by atoms with Crippen LogP contribution in [0.2, 0.25) is 0 Å². The van der Waals surface area contributed by atoms with E-state index < -0.39 is 11.4 Å². The van der Waals surface area contributed by atoms with Crippen LogP contribution in [0.1, 0.15) is 44.0 Å². The predicted octanol–water partition coefficient (Wildman–Crippen LogP) is 2.91. The van der Waals surface area contributed by atoms with Crippen molar-refractivity contribution in [2.45, 2.75) is 33.6 Å². The number of fused-ring (bicyclic) bond motifs is 1. The lowest BCUT2D eigenvalue weighted by Crippen LogP contribution is -2.31. The van der Waals surface area contributed by atoms with Gasteiger partial charge in [0.15, 0.2) is 12.4 Å². The first-order valence-corrected chi connectivity index (χ1v) is 9.03. The number of Topliss-reactive ketones (excluding diaryl/α,β-unsaturated/α-hetero) is 1. The number of rotatable bonds is 4. The van der Waals surface area contributed by atoms with Gasteiger partial charge in [-0.25, -0.2) is 4.79 Å². The van der Waals surface area contributed by atoms with Gasteiger partial charge in [0.2, 0.25) is 11.8 Å². The van der Waals surface area contributed by atoms with Crippen LogP contribution < -0.4 is 4.90 Å². The Kier molecular flexibility index (Phi) is 5.00. The molecular formula is C21H23NO5. The van der Waals surface area contributed by atoms with Crippen molar-refractivity contribution in [2.75, 3.05) is 11.5 Å². The molecule has 1 heterocycles. The largest absolute Gasteiger partial charge is 0.454 e. The first-order chi connectivity index (χ1) is 12.7. The van der Waals surface area contributed by atoms with Gasteiger partial charge in [0.25, 0.3) is 0 Å². The van der Waals surface area contributed by atoms with Gasteiger partial charge in [-0.2, -0.15) is 0 Å². The van der Waals surface area contributed by atoms with Gasteiger partial charge < -0.3 is 4.74 Å². The molecule has 1 aromatic rings. The Morgan fingerprint density at radius 3 is 2.22 bits per heavy atom. The number of hydrogen-bond acceptors (Lipinski definition) is 5. The Morgan fingerprint density at radius 2 is 1.67 bits per heavy atom. The number of nitrogens with zero attached hydrogens (tertiary/aromatic N) is 1. The molecular weight excluding hydrogens is 346 g/mol. The molecule has 1 saturated heterocycles. The Balaban J connectivity index is 1.76. The Hall–Kier alpha value is -2.76. The second-order valence-electron chi connectivity index (χ2n) is 7.97. The van der Waals surface area contributed by atoms with Crippen molar-refractivity contribution in [3.63, 3.8) is 0 Å². The number of carbonyl (C=O) groups excluding carboxylic acids is 4. The van der Waals surface area contributed by atoms with Crippen LogP contribution in [0, 0.1) is 17.3 Å². The molecule has 0 aromatic heterocycles. The molecule has 6 nitrogen and oxygen atoms in total. The third-order valence-corrected chi connectivity index (χ3v) is 5.02. The third kappa shape index (κ3) is 3.70. The van der Waals surface area contributed by atoms with Gasteiger partial charge in [-0.1, -0.05) is 39.0 Å². The number of carbonyl (C=O) groups is 4. The van der Waals surface area contributed by atoms with E-state index >= 15 is 0 Å². The zero-order chi connectivity index (χ0) is 19.8. The maximum Gasteiger partial charge on any atom is 0.338 e. The summed E-state index contributed by atoms with van der Waals surface area (Å²) in [5, 5.41) is 0. The quantitative estimate of drug-likeness (QED) is 0.463. The minimum atomic E-state index is -0.660. The maximum absolute atomic E-state index is 12.7. The number of allylic oxidation sites excluding steroid dienone is 2. The average Bonchev–Trinajstić information content (AvgIpc) is 2.90. The topological polar surface area (TPSA) is 80.8 Å². The predicted molar refractivity (Wildman–Crippen MR) is 99.0 cm³/mol. The van der Waals surface area contributed by atoms with Gasteiger partial charge in [-0.05, 0) is 31.0 Å². The van der Waals surface area contributed by atoms with Crippen molar-refractivity contribution < 1.29 is 23.9 Å². The molecule has 27 heavy (non-hydrogen) atoms. The number of ether oxygens (including phenoxy) is 1. The van der Waals surface area contributed by atoms with Gasteiger partial charge in [0.05, 0.1) is 23.1 Å². The lowest BCUT2D eigenvalue weighted by molar-refractivity contribution is -0.129. The van der Waals surface area contributed by atoms with Crippen LogP contribution in [0.25, 0.3) is 0 Å². The van der Waals surface area contributed by atoms with Crippen molar-refractivity contribution in [1.82, 2.24) is 0 Å². The number of imide groups is 1. The molecule has 1 aliphatic heterocycles. The van der Waals surface area contributed by atoms with Crippen LogP contribution in [0.5, 0.6) is 0 Å². The highest BCUT2D eigenvalue weighted by atomic mass is 16.5. The fourth-order valence-electron chi connectivity index (χ4n) is 3.26. The highest BCUT2D eigenvalue weighted by molar-refractivity contribution is 6.22. The SMILES string of the molecule is CC(C)(C)C(=O)COC(=O)c1cccc(N2C(=O)[C@H]3CC=CC[C@H]3C2=O)c1. The van der Waals surface area contributed by atoms with Gasteiger partial charge in [0, 0.05) is 5.41 Å². The fourth-order valence-corrected chi connectivity index (χ4v) is 3.26. The zero-order valence-corrected chi connectivity index (χ0v) is 15.7. The summed E-state index contributed by atoms with van der Waals surface area (Å²) in [5.74, 6) is -1.98. The molecule has 1 fully saturated rings. The fraction of sp³-hybridized carbons (Fsp3) is 0.429. The zero-order valence-electron chi connectivity index (χ0n) is 15.7. The third-order valence-electron chi connectivity index (χ3n) is 5.02. The molecule has 142 valence electrons. The maximum atomic E-state index is 12.7. The summed E-state index contributed by atoms with van der Waals surface area (Å²) in [5.41, 5.74) is -0.0419. The summed E-state index contributed by atoms with van der Waals surface area (Å²) >= 11 is 0. The molecule has 2 atom stereocenters.